The number of pyridine rings is 1. The summed E-state index contributed by atoms with van der Waals surface area (Å²) in [5.41, 5.74) is 5.76. The number of nitrogens with zero attached hydrogens (tertiary/aromatic N) is 3. The zero-order valence-electron chi connectivity index (χ0n) is 16.4. The summed E-state index contributed by atoms with van der Waals surface area (Å²) in [6.07, 6.45) is 2.07. The molecule has 0 saturated carbocycles. The molecular formula is C21H28IN5. The molecule has 0 spiro atoms. The molecule has 5 nitrogen and oxygen atoms in total. The van der Waals surface area contributed by atoms with Gasteiger partial charge in [-0.1, -0.05) is 42.8 Å². The minimum Gasteiger partial charge on any atom is -0.356 e. The number of halogens is 1. The summed E-state index contributed by atoms with van der Waals surface area (Å²) in [4.78, 5) is 8.96. The maximum Gasteiger partial charge on any atom is 0.191 e. The van der Waals surface area contributed by atoms with Crippen LogP contribution >= 0.6 is 24.0 Å². The third-order valence-electron chi connectivity index (χ3n) is 4.63. The molecule has 1 aromatic carbocycles. The minimum absolute atomic E-state index is 0. The zero-order chi connectivity index (χ0) is 18.5. The summed E-state index contributed by atoms with van der Waals surface area (Å²) in [7, 11) is 1.79. The van der Waals surface area contributed by atoms with Crippen molar-refractivity contribution >= 4 is 35.6 Å². The molecule has 6 heteroatoms. The van der Waals surface area contributed by atoms with Gasteiger partial charge in [0.25, 0.3) is 0 Å². The van der Waals surface area contributed by atoms with E-state index in [0.29, 0.717) is 12.5 Å². The number of hydrogen-bond donors (Lipinski definition) is 2. The van der Waals surface area contributed by atoms with Crippen LogP contribution < -0.4 is 10.6 Å². The van der Waals surface area contributed by atoms with E-state index < -0.39 is 0 Å². The minimum atomic E-state index is 0. The molecule has 0 aliphatic carbocycles. The third-order valence-corrected chi connectivity index (χ3v) is 4.63. The SMILES string of the molecule is CN=C(NCc1cn2c(C)cccc2n1)NCC(C)c1ccc(C)cc1.I. The molecule has 2 aromatic heterocycles. The Bertz CT molecular complexity index is 899. The lowest BCUT2D eigenvalue weighted by Gasteiger charge is -2.16. The van der Waals surface area contributed by atoms with Crippen LogP contribution in [0.4, 0.5) is 0 Å². The molecule has 0 saturated heterocycles. The Hall–Kier alpha value is -2.09. The van der Waals surface area contributed by atoms with Gasteiger partial charge in [0.1, 0.15) is 5.65 Å². The van der Waals surface area contributed by atoms with Gasteiger partial charge >= 0.3 is 0 Å². The first-order valence-electron chi connectivity index (χ1n) is 9.01. The van der Waals surface area contributed by atoms with Crippen molar-refractivity contribution in [1.29, 1.82) is 0 Å². The predicted molar refractivity (Wildman–Crippen MR) is 123 cm³/mol. The van der Waals surface area contributed by atoms with Gasteiger partial charge in [-0.15, -0.1) is 24.0 Å². The Morgan fingerprint density at radius 1 is 1.11 bits per heavy atom. The van der Waals surface area contributed by atoms with E-state index in [2.05, 4.69) is 82.3 Å². The van der Waals surface area contributed by atoms with E-state index in [1.807, 2.05) is 12.1 Å². The van der Waals surface area contributed by atoms with Gasteiger partial charge in [-0.25, -0.2) is 4.98 Å². The van der Waals surface area contributed by atoms with Crippen LogP contribution in [0.3, 0.4) is 0 Å². The fraction of sp³-hybridized carbons (Fsp3) is 0.333. The van der Waals surface area contributed by atoms with E-state index >= 15 is 0 Å². The van der Waals surface area contributed by atoms with Crippen LogP contribution in [0.5, 0.6) is 0 Å². The number of fused-ring (bicyclic) bond motifs is 1. The summed E-state index contributed by atoms with van der Waals surface area (Å²) in [6, 6.07) is 14.8. The second kappa shape index (κ2) is 9.73. The molecule has 27 heavy (non-hydrogen) atoms. The molecule has 3 aromatic rings. The summed E-state index contributed by atoms with van der Waals surface area (Å²) in [6.45, 7) is 7.88. The molecule has 2 N–H and O–H groups in total. The summed E-state index contributed by atoms with van der Waals surface area (Å²) < 4.78 is 2.10. The van der Waals surface area contributed by atoms with Gasteiger partial charge in [-0.05, 0) is 37.5 Å². The van der Waals surface area contributed by atoms with Crippen molar-refractivity contribution in [3.63, 3.8) is 0 Å². The van der Waals surface area contributed by atoms with Gasteiger partial charge in [0.05, 0.1) is 12.2 Å². The molecule has 0 bridgehead atoms. The summed E-state index contributed by atoms with van der Waals surface area (Å²) in [5, 5.41) is 6.75. The average molecular weight is 477 g/mol. The number of hydrogen-bond acceptors (Lipinski definition) is 2. The van der Waals surface area contributed by atoms with Crippen molar-refractivity contribution in [2.45, 2.75) is 33.2 Å². The number of aryl methyl sites for hydroxylation is 2. The van der Waals surface area contributed by atoms with Crippen LogP contribution in [0.2, 0.25) is 0 Å². The highest BCUT2D eigenvalue weighted by Gasteiger charge is 2.08. The first-order chi connectivity index (χ1) is 12.6. The standard InChI is InChI=1S/C21H27N5.HI/c1-15-8-10-18(11-9-15)16(2)12-23-21(22-4)24-13-19-14-26-17(3)6-5-7-20(26)25-19;/h5-11,14,16H,12-13H2,1-4H3,(H2,22,23,24);1H. The second-order valence-corrected chi connectivity index (χ2v) is 6.75. The van der Waals surface area contributed by atoms with Gasteiger partial charge in [0.15, 0.2) is 5.96 Å². The Morgan fingerprint density at radius 2 is 1.85 bits per heavy atom. The van der Waals surface area contributed by atoms with Crippen LogP contribution in [0.15, 0.2) is 53.7 Å². The molecule has 0 fully saturated rings. The summed E-state index contributed by atoms with van der Waals surface area (Å²) >= 11 is 0. The van der Waals surface area contributed by atoms with Crippen molar-refractivity contribution in [1.82, 2.24) is 20.0 Å². The highest BCUT2D eigenvalue weighted by atomic mass is 127. The summed E-state index contributed by atoms with van der Waals surface area (Å²) in [5.74, 6) is 1.20. The number of benzene rings is 1. The van der Waals surface area contributed by atoms with Gasteiger partial charge < -0.3 is 15.0 Å². The lowest BCUT2D eigenvalue weighted by molar-refractivity contribution is 0.697. The van der Waals surface area contributed by atoms with Crippen LogP contribution in [-0.2, 0) is 6.54 Å². The van der Waals surface area contributed by atoms with E-state index in [1.165, 1.54) is 16.8 Å². The molecular weight excluding hydrogens is 449 g/mol. The number of nitrogens with one attached hydrogen (secondary N) is 2. The van der Waals surface area contributed by atoms with Crippen molar-refractivity contribution < 1.29 is 0 Å². The highest BCUT2D eigenvalue weighted by Crippen LogP contribution is 2.14. The van der Waals surface area contributed by atoms with Crippen molar-refractivity contribution in [3.05, 3.63) is 71.2 Å². The number of aromatic nitrogens is 2. The number of imidazole rings is 1. The van der Waals surface area contributed by atoms with E-state index in [9.17, 15) is 0 Å². The number of guanidine groups is 1. The number of rotatable bonds is 5. The molecule has 3 rings (SSSR count). The number of aliphatic imine (C=N–C) groups is 1. The maximum atomic E-state index is 4.65. The van der Waals surface area contributed by atoms with Gasteiger partial charge in [0.2, 0.25) is 0 Å². The fourth-order valence-electron chi connectivity index (χ4n) is 2.94. The van der Waals surface area contributed by atoms with Crippen LogP contribution in [-0.4, -0.2) is 28.9 Å². The molecule has 0 amide bonds. The van der Waals surface area contributed by atoms with E-state index in [-0.39, 0.29) is 24.0 Å². The largest absolute Gasteiger partial charge is 0.356 e. The molecule has 1 unspecified atom stereocenters. The molecule has 0 aliphatic heterocycles. The van der Waals surface area contributed by atoms with Crippen molar-refractivity contribution in [3.8, 4) is 0 Å². The second-order valence-electron chi connectivity index (χ2n) is 6.75. The van der Waals surface area contributed by atoms with Crippen LogP contribution in [0.25, 0.3) is 5.65 Å². The van der Waals surface area contributed by atoms with E-state index in [1.54, 1.807) is 7.05 Å². The Balaban J connectivity index is 0.00000261. The lowest BCUT2D eigenvalue weighted by Crippen LogP contribution is -2.38. The first kappa shape index (κ1) is 21.2. The first-order valence-corrected chi connectivity index (χ1v) is 9.01. The smallest absolute Gasteiger partial charge is 0.191 e. The third kappa shape index (κ3) is 5.45. The Kier molecular flexibility index (Phi) is 7.65. The van der Waals surface area contributed by atoms with E-state index in [4.69, 9.17) is 0 Å². The lowest BCUT2D eigenvalue weighted by atomic mass is 10.0. The quantitative estimate of drug-likeness (QED) is 0.332. The van der Waals surface area contributed by atoms with Crippen molar-refractivity contribution in [2.24, 2.45) is 4.99 Å². The van der Waals surface area contributed by atoms with E-state index in [0.717, 1.165) is 23.8 Å². The van der Waals surface area contributed by atoms with Gasteiger partial charge in [-0.2, -0.15) is 0 Å². The Labute approximate surface area is 178 Å². The molecule has 2 heterocycles. The monoisotopic (exact) mass is 477 g/mol. The van der Waals surface area contributed by atoms with Crippen LogP contribution in [0.1, 0.15) is 35.4 Å². The normalized spacial score (nSPS) is 12.5. The fourth-order valence-corrected chi connectivity index (χ4v) is 2.94. The molecule has 144 valence electrons. The average Bonchev–Trinajstić information content (AvgIpc) is 3.07. The highest BCUT2D eigenvalue weighted by molar-refractivity contribution is 14.0. The molecule has 1 atom stereocenters. The zero-order valence-corrected chi connectivity index (χ0v) is 18.7. The van der Waals surface area contributed by atoms with Gasteiger partial charge in [-0.3, -0.25) is 4.99 Å². The maximum absolute atomic E-state index is 4.65. The predicted octanol–water partition coefficient (Wildman–Crippen LogP) is 4.04. The molecule has 0 radical (unpaired) electrons. The molecule has 0 aliphatic rings. The topological polar surface area (TPSA) is 53.7 Å². The van der Waals surface area contributed by atoms with Crippen LogP contribution in [0, 0.1) is 13.8 Å². The Morgan fingerprint density at radius 3 is 2.52 bits per heavy atom. The van der Waals surface area contributed by atoms with Crippen molar-refractivity contribution in [2.75, 3.05) is 13.6 Å². The van der Waals surface area contributed by atoms with Gasteiger partial charge in [0, 0.05) is 25.5 Å².